The van der Waals surface area contributed by atoms with Crippen molar-refractivity contribution >= 4 is 39.4 Å². The fourth-order valence-corrected chi connectivity index (χ4v) is 4.54. The zero-order valence-electron chi connectivity index (χ0n) is 15.4. The number of rotatable bonds is 3. The van der Waals surface area contributed by atoms with E-state index in [-0.39, 0.29) is 23.7 Å². The average molecular weight is 442 g/mol. The van der Waals surface area contributed by atoms with Crippen molar-refractivity contribution in [3.63, 3.8) is 0 Å². The lowest BCUT2D eigenvalue weighted by Crippen LogP contribution is -2.30. The molecule has 2 aromatic rings. The van der Waals surface area contributed by atoms with Crippen molar-refractivity contribution in [1.29, 1.82) is 0 Å². The molecule has 0 spiro atoms. The Balaban J connectivity index is 1.51. The van der Waals surface area contributed by atoms with Crippen LogP contribution in [0, 0.1) is 17.8 Å². The minimum absolute atomic E-state index is 0.111. The first kappa shape index (κ1) is 18.9. The molecule has 0 aromatic heterocycles. The number of carbonyl (C=O) groups is 3. The maximum atomic E-state index is 12.8. The van der Waals surface area contributed by atoms with E-state index in [0.29, 0.717) is 27.4 Å². The zero-order chi connectivity index (χ0) is 19.8. The molecule has 0 radical (unpaired) electrons. The van der Waals surface area contributed by atoms with Gasteiger partial charge in [0.05, 0.1) is 23.1 Å². The molecule has 1 aliphatic carbocycles. The average Bonchev–Trinajstić information content (AvgIpc) is 2.93. The topological polar surface area (TPSA) is 63.7 Å². The van der Waals surface area contributed by atoms with E-state index in [1.54, 1.807) is 42.5 Å². The summed E-state index contributed by atoms with van der Waals surface area (Å²) in [6.07, 6.45) is 2.53. The Bertz CT molecular complexity index is 940. The molecule has 1 aliphatic heterocycles. The molecule has 0 N–H and O–H groups in total. The summed E-state index contributed by atoms with van der Waals surface area (Å²) in [6, 6.07) is 13.5. The molecule has 1 heterocycles. The van der Waals surface area contributed by atoms with Crippen LogP contribution in [0.25, 0.3) is 0 Å². The van der Waals surface area contributed by atoms with Crippen molar-refractivity contribution in [2.75, 3.05) is 4.90 Å². The monoisotopic (exact) mass is 441 g/mol. The number of imide groups is 1. The third kappa shape index (κ3) is 3.37. The molecule has 28 heavy (non-hydrogen) atoms. The molecule has 2 aromatic carbocycles. The number of benzene rings is 2. The molecule has 1 saturated carbocycles. The number of esters is 1. The Labute approximate surface area is 171 Å². The summed E-state index contributed by atoms with van der Waals surface area (Å²) >= 11 is 3.33. The second-order valence-corrected chi connectivity index (χ2v) is 8.36. The van der Waals surface area contributed by atoms with Crippen molar-refractivity contribution in [3.05, 3.63) is 58.6 Å². The normalized spacial score (nSPS) is 24.2. The van der Waals surface area contributed by atoms with Crippen LogP contribution in [-0.4, -0.2) is 17.8 Å². The Morgan fingerprint density at radius 2 is 1.68 bits per heavy atom. The lowest BCUT2D eigenvalue weighted by Gasteiger charge is -2.25. The van der Waals surface area contributed by atoms with Crippen LogP contribution in [0.4, 0.5) is 5.69 Å². The second-order valence-electron chi connectivity index (χ2n) is 7.51. The van der Waals surface area contributed by atoms with Crippen molar-refractivity contribution in [1.82, 2.24) is 0 Å². The van der Waals surface area contributed by atoms with Gasteiger partial charge in [0.1, 0.15) is 5.75 Å². The fraction of sp³-hybridized carbons (Fsp3) is 0.318. The number of halogens is 1. The van der Waals surface area contributed by atoms with Crippen LogP contribution in [0.2, 0.25) is 0 Å². The second kappa shape index (κ2) is 7.51. The van der Waals surface area contributed by atoms with Crippen LogP contribution in [-0.2, 0) is 9.59 Å². The Morgan fingerprint density at radius 1 is 1.00 bits per heavy atom. The van der Waals surface area contributed by atoms with E-state index in [0.717, 1.165) is 19.3 Å². The number of ether oxygens (including phenoxy) is 1. The molecule has 2 amide bonds. The molecular formula is C22H20BrNO4. The van der Waals surface area contributed by atoms with Crippen molar-refractivity contribution in [2.45, 2.75) is 26.2 Å². The smallest absolute Gasteiger partial charge is 0.344 e. The van der Waals surface area contributed by atoms with Crippen LogP contribution in [0.3, 0.4) is 0 Å². The van der Waals surface area contributed by atoms with E-state index in [4.69, 9.17) is 4.74 Å². The van der Waals surface area contributed by atoms with Crippen LogP contribution >= 0.6 is 15.9 Å². The summed E-state index contributed by atoms with van der Waals surface area (Å²) < 4.78 is 6.06. The van der Waals surface area contributed by atoms with Gasteiger partial charge in [-0.25, -0.2) is 4.79 Å². The number of hydrogen-bond acceptors (Lipinski definition) is 4. The molecule has 2 fully saturated rings. The Hall–Kier alpha value is -2.47. The molecule has 0 bridgehead atoms. The summed E-state index contributed by atoms with van der Waals surface area (Å²) in [5, 5.41) is 0. The number of fused-ring (bicyclic) bond motifs is 1. The molecule has 0 unspecified atom stereocenters. The van der Waals surface area contributed by atoms with E-state index < -0.39 is 5.97 Å². The SMILES string of the molecule is C[C@H]1CC[C@@H]2C(=O)N(c3ccc(OC(=O)c4ccccc4Br)cc3)C(=O)[C@@H]2C1. The molecule has 4 rings (SSSR count). The lowest BCUT2D eigenvalue weighted by atomic mass is 9.76. The van der Waals surface area contributed by atoms with Crippen LogP contribution in [0.1, 0.15) is 36.5 Å². The summed E-state index contributed by atoms with van der Waals surface area (Å²) in [6.45, 7) is 2.13. The van der Waals surface area contributed by atoms with Gasteiger partial charge < -0.3 is 4.74 Å². The number of anilines is 1. The summed E-state index contributed by atoms with van der Waals surface area (Å²) in [5.74, 6) is -0.277. The number of amides is 2. The van der Waals surface area contributed by atoms with Gasteiger partial charge in [0, 0.05) is 4.47 Å². The van der Waals surface area contributed by atoms with E-state index in [1.165, 1.54) is 4.90 Å². The van der Waals surface area contributed by atoms with Crippen LogP contribution in [0.5, 0.6) is 5.75 Å². The van der Waals surface area contributed by atoms with Gasteiger partial charge in [0.2, 0.25) is 11.8 Å². The molecule has 1 saturated heterocycles. The van der Waals surface area contributed by atoms with Gasteiger partial charge in [-0.15, -0.1) is 0 Å². The van der Waals surface area contributed by atoms with Crippen molar-refractivity contribution in [3.8, 4) is 5.75 Å². The molecule has 6 heteroatoms. The summed E-state index contributed by atoms with van der Waals surface area (Å²) in [5.41, 5.74) is 0.951. The van der Waals surface area contributed by atoms with Gasteiger partial charge in [-0.05, 0) is 77.5 Å². The minimum Gasteiger partial charge on any atom is -0.423 e. The van der Waals surface area contributed by atoms with Gasteiger partial charge in [-0.3, -0.25) is 14.5 Å². The lowest BCUT2D eigenvalue weighted by molar-refractivity contribution is -0.122. The van der Waals surface area contributed by atoms with Gasteiger partial charge in [0.25, 0.3) is 0 Å². The van der Waals surface area contributed by atoms with E-state index >= 15 is 0 Å². The first-order chi connectivity index (χ1) is 13.5. The highest BCUT2D eigenvalue weighted by Crippen LogP contribution is 2.42. The number of nitrogens with zero attached hydrogens (tertiary/aromatic N) is 1. The van der Waals surface area contributed by atoms with Crippen molar-refractivity contribution < 1.29 is 19.1 Å². The Kier molecular flexibility index (Phi) is 5.06. The predicted octanol–water partition coefficient (Wildman–Crippen LogP) is 4.59. The summed E-state index contributed by atoms with van der Waals surface area (Å²) in [4.78, 5) is 39.2. The van der Waals surface area contributed by atoms with E-state index in [9.17, 15) is 14.4 Å². The first-order valence-electron chi connectivity index (χ1n) is 9.40. The maximum absolute atomic E-state index is 12.8. The highest BCUT2D eigenvalue weighted by atomic mass is 79.9. The summed E-state index contributed by atoms with van der Waals surface area (Å²) in [7, 11) is 0. The highest BCUT2D eigenvalue weighted by molar-refractivity contribution is 9.10. The largest absolute Gasteiger partial charge is 0.423 e. The number of carbonyl (C=O) groups excluding carboxylic acids is 3. The van der Waals surface area contributed by atoms with Crippen LogP contribution in [0.15, 0.2) is 53.0 Å². The Morgan fingerprint density at radius 3 is 2.39 bits per heavy atom. The zero-order valence-corrected chi connectivity index (χ0v) is 17.0. The van der Waals surface area contributed by atoms with Crippen LogP contribution < -0.4 is 9.64 Å². The molecule has 3 atom stereocenters. The van der Waals surface area contributed by atoms with Gasteiger partial charge in [0.15, 0.2) is 0 Å². The van der Waals surface area contributed by atoms with E-state index in [1.807, 2.05) is 6.07 Å². The van der Waals surface area contributed by atoms with Gasteiger partial charge in [-0.1, -0.05) is 19.1 Å². The molecular weight excluding hydrogens is 422 g/mol. The highest BCUT2D eigenvalue weighted by Gasteiger charge is 2.49. The quantitative estimate of drug-likeness (QED) is 0.396. The third-order valence-corrected chi connectivity index (χ3v) is 6.28. The van der Waals surface area contributed by atoms with E-state index in [2.05, 4.69) is 22.9 Å². The number of hydrogen-bond donors (Lipinski definition) is 0. The predicted molar refractivity (Wildman–Crippen MR) is 108 cm³/mol. The van der Waals surface area contributed by atoms with Crippen molar-refractivity contribution in [2.24, 2.45) is 17.8 Å². The maximum Gasteiger partial charge on any atom is 0.344 e. The van der Waals surface area contributed by atoms with Gasteiger partial charge >= 0.3 is 5.97 Å². The standard InChI is InChI=1S/C22H20BrNO4/c1-13-6-11-16-18(12-13)21(26)24(20(16)25)14-7-9-15(10-8-14)28-22(27)17-4-2-3-5-19(17)23/h2-5,7-10,13,16,18H,6,11-12H2,1H3/t13-,16-,18+/m0/s1. The molecule has 144 valence electrons. The fourth-order valence-electron chi connectivity index (χ4n) is 4.10. The minimum atomic E-state index is -0.478. The molecule has 5 nitrogen and oxygen atoms in total. The third-order valence-electron chi connectivity index (χ3n) is 5.59. The first-order valence-corrected chi connectivity index (χ1v) is 10.2. The van der Waals surface area contributed by atoms with Gasteiger partial charge in [-0.2, -0.15) is 0 Å². The molecule has 2 aliphatic rings.